The van der Waals surface area contributed by atoms with Crippen LogP contribution < -0.4 is 20.9 Å². The van der Waals surface area contributed by atoms with Gasteiger partial charge in [-0.15, -0.1) is 0 Å². The number of aromatic nitrogens is 3. The van der Waals surface area contributed by atoms with Crippen molar-refractivity contribution in [3.05, 3.63) is 54.2 Å². The molecule has 13 heteroatoms. The van der Waals surface area contributed by atoms with E-state index in [0.717, 1.165) is 12.3 Å². The summed E-state index contributed by atoms with van der Waals surface area (Å²) in [7, 11) is 1.36. The Morgan fingerprint density at radius 3 is 2.42 bits per heavy atom. The lowest BCUT2D eigenvalue weighted by atomic mass is 10.1. The predicted octanol–water partition coefficient (Wildman–Crippen LogP) is 3.60. The standard InChI is InChI=1S/C23H23F3N6O4/c1-3-36-32-23(34)16-12-29-19(31-22(33)13(10-24)11-25)9-17(16)30-18-8-14(26)7-15(20(18)35-2)21-27-5-4-6-28-21/h4-9,12-13H,3,10-11H2,1-2H3,(H,32,34)(H2,29,30,31,33). The fourth-order valence-corrected chi connectivity index (χ4v) is 3.07. The summed E-state index contributed by atoms with van der Waals surface area (Å²) in [4.78, 5) is 41.9. The summed E-state index contributed by atoms with van der Waals surface area (Å²) in [5.41, 5.74) is 2.56. The van der Waals surface area contributed by atoms with E-state index in [-0.39, 0.29) is 46.5 Å². The molecule has 0 radical (unpaired) electrons. The highest BCUT2D eigenvalue weighted by atomic mass is 19.1. The lowest BCUT2D eigenvalue weighted by molar-refractivity contribution is -0.120. The molecule has 0 saturated carbocycles. The van der Waals surface area contributed by atoms with Crippen molar-refractivity contribution in [2.75, 3.05) is 37.7 Å². The summed E-state index contributed by atoms with van der Waals surface area (Å²) in [5, 5.41) is 5.19. The highest BCUT2D eigenvalue weighted by Gasteiger charge is 2.22. The smallest absolute Gasteiger partial charge is 0.278 e. The quantitative estimate of drug-likeness (QED) is 0.338. The normalized spacial score (nSPS) is 10.7. The minimum Gasteiger partial charge on any atom is -0.494 e. The molecule has 2 amide bonds. The molecule has 10 nitrogen and oxygen atoms in total. The summed E-state index contributed by atoms with van der Waals surface area (Å²) in [6.07, 6.45) is 4.07. The second-order valence-electron chi connectivity index (χ2n) is 7.21. The zero-order valence-corrected chi connectivity index (χ0v) is 19.3. The minimum absolute atomic E-state index is 0.0437. The number of hydrogen-bond donors (Lipinski definition) is 3. The lowest BCUT2D eigenvalue weighted by Gasteiger charge is -2.18. The summed E-state index contributed by atoms with van der Waals surface area (Å²) < 4.78 is 45.9. The van der Waals surface area contributed by atoms with Crippen LogP contribution in [-0.2, 0) is 9.63 Å². The van der Waals surface area contributed by atoms with E-state index in [2.05, 4.69) is 31.1 Å². The molecule has 190 valence electrons. The largest absolute Gasteiger partial charge is 0.494 e. The van der Waals surface area contributed by atoms with Crippen LogP contribution in [0.1, 0.15) is 17.3 Å². The van der Waals surface area contributed by atoms with Crippen LogP contribution in [-0.4, -0.2) is 53.8 Å². The number of benzene rings is 1. The van der Waals surface area contributed by atoms with Crippen molar-refractivity contribution in [1.29, 1.82) is 0 Å². The Hall–Kier alpha value is -4.26. The second-order valence-corrected chi connectivity index (χ2v) is 7.21. The molecule has 3 N–H and O–H groups in total. The summed E-state index contributed by atoms with van der Waals surface area (Å²) >= 11 is 0. The number of hydrogen-bond acceptors (Lipinski definition) is 8. The van der Waals surface area contributed by atoms with Crippen molar-refractivity contribution in [2.24, 2.45) is 5.92 Å². The van der Waals surface area contributed by atoms with E-state index < -0.39 is 36.9 Å². The van der Waals surface area contributed by atoms with Crippen LogP contribution in [0.3, 0.4) is 0 Å². The third-order valence-corrected chi connectivity index (χ3v) is 4.79. The highest BCUT2D eigenvalue weighted by Crippen LogP contribution is 2.38. The number of carbonyl (C=O) groups is 2. The maximum absolute atomic E-state index is 14.6. The van der Waals surface area contributed by atoms with Gasteiger partial charge < -0.3 is 15.4 Å². The molecule has 0 aliphatic rings. The molecule has 3 rings (SSSR count). The number of halogens is 3. The van der Waals surface area contributed by atoms with Gasteiger partial charge in [0.1, 0.15) is 25.0 Å². The van der Waals surface area contributed by atoms with Gasteiger partial charge >= 0.3 is 0 Å². The second kappa shape index (κ2) is 12.4. The van der Waals surface area contributed by atoms with E-state index in [1.807, 2.05) is 0 Å². The predicted molar refractivity (Wildman–Crippen MR) is 125 cm³/mol. The van der Waals surface area contributed by atoms with Crippen molar-refractivity contribution in [1.82, 2.24) is 20.4 Å². The molecular formula is C23H23F3N6O4. The number of hydroxylamine groups is 1. The van der Waals surface area contributed by atoms with Crippen LogP contribution in [0.2, 0.25) is 0 Å². The zero-order valence-electron chi connectivity index (χ0n) is 19.3. The number of nitrogens with zero attached hydrogens (tertiary/aromatic N) is 3. The number of ether oxygens (including phenoxy) is 1. The molecule has 3 aromatic rings. The Balaban J connectivity index is 2.06. The third-order valence-electron chi connectivity index (χ3n) is 4.79. The first-order valence-corrected chi connectivity index (χ1v) is 10.7. The van der Waals surface area contributed by atoms with Crippen molar-refractivity contribution in [3.63, 3.8) is 0 Å². The Bertz CT molecular complexity index is 1210. The Kier molecular flexibility index (Phi) is 9.11. The topological polar surface area (TPSA) is 127 Å². The number of pyridine rings is 1. The van der Waals surface area contributed by atoms with E-state index >= 15 is 0 Å². The SMILES string of the molecule is CCONC(=O)c1cnc(NC(=O)C(CF)CF)cc1Nc1cc(F)cc(-c2ncccn2)c1OC. The monoisotopic (exact) mass is 504 g/mol. The van der Waals surface area contributed by atoms with Gasteiger partial charge in [-0.05, 0) is 19.1 Å². The van der Waals surface area contributed by atoms with E-state index in [1.165, 1.54) is 31.6 Å². The number of anilines is 3. The average Bonchev–Trinajstić information content (AvgIpc) is 2.88. The molecule has 2 aromatic heterocycles. The summed E-state index contributed by atoms with van der Waals surface area (Å²) in [6, 6.07) is 5.15. The molecule has 0 fully saturated rings. The number of alkyl halides is 2. The first-order valence-electron chi connectivity index (χ1n) is 10.7. The maximum Gasteiger partial charge on any atom is 0.278 e. The van der Waals surface area contributed by atoms with Gasteiger partial charge in [-0.3, -0.25) is 23.2 Å². The first kappa shape index (κ1) is 26.3. The van der Waals surface area contributed by atoms with Gasteiger partial charge in [-0.25, -0.2) is 24.8 Å². The number of amides is 2. The van der Waals surface area contributed by atoms with Crippen LogP contribution in [0.25, 0.3) is 11.4 Å². The van der Waals surface area contributed by atoms with E-state index in [9.17, 15) is 22.8 Å². The van der Waals surface area contributed by atoms with Crippen LogP contribution in [0, 0.1) is 11.7 Å². The van der Waals surface area contributed by atoms with Gasteiger partial charge in [0.05, 0.1) is 42.1 Å². The van der Waals surface area contributed by atoms with Gasteiger partial charge in [0.25, 0.3) is 5.91 Å². The first-order chi connectivity index (χ1) is 17.4. The molecule has 36 heavy (non-hydrogen) atoms. The van der Waals surface area contributed by atoms with Gasteiger partial charge in [0.15, 0.2) is 11.6 Å². The van der Waals surface area contributed by atoms with Crippen molar-refractivity contribution >= 4 is 29.0 Å². The number of methoxy groups -OCH3 is 1. The minimum atomic E-state index is -1.51. The zero-order chi connectivity index (χ0) is 26.1. The van der Waals surface area contributed by atoms with Crippen molar-refractivity contribution in [2.45, 2.75) is 6.92 Å². The maximum atomic E-state index is 14.6. The fourth-order valence-electron chi connectivity index (χ4n) is 3.07. The van der Waals surface area contributed by atoms with E-state index in [1.54, 1.807) is 13.0 Å². The molecule has 0 atom stereocenters. The van der Waals surface area contributed by atoms with Gasteiger partial charge in [0.2, 0.25) is 5.91 Å². The molecular weight excluding hydrogens is 481 g/mol. The van der Waals surface area contributed by atoms with E-state index in [0.29, 0.717) is 0 Å². The van der Waals surface area contributed by atoms with Crippen LogP contribution in [0.15, 0.2) is 42.9 Å². The molecule has 0 bridgehead atoms. The molecule has 0 aliphatic carbocycles. The Labute approximate surface area is 204 Å². The third kappa shape index (κ3) is 6.24. The van der Waals surface area contributed by atoms with Crippen molar-refractivity contribution < 1.29 is 32.3 Å². The van der Waals surface area contributed by atoms with Gasteiger partial charge in [-0.1, -0.05) is 0 Å². The van der Waals surface area contributed by atoms with Crippen molar-refractivity contribution in [3.8, 4) is 17.1 Å². The van der Waals surface area contributed by atoms with Crippen LogP contribution >= 0.6 is 0 Å². The molecule has 0 saturated heterocycles. The highest BCUT2D eigenvalue weighted by molar-refractivity contribution is 6.01. The molecule has 0 aliphatic heterocycles. The molecule has 0 spiro atoms. The Morgan fingerprint density at radius 2 is 1.78 bits per heavy atom. The average molecular weight is 504 g/mol. The van der Waals surface area contributed by atoms with Crippen LogP contribution in [0.4, 0.5) is 30.4 Å². The number of rotatable bonds is 11. The lowest BCUT2D eigenvalue weighted by Crippen LogP contribution is -2.27. The van der Waals surface area contributed by atoms with Gasteiger partial charge in [-0.2, -0.15) is 0 Å². The number of nitrogens with one attached hydrogen (secondary N) is 3. The Morgan fingerprint density at radius 1 is 1.06 bits per heavy atom. The molecule has 1 aromatic carbocycles. The number of carbonyl (C=O) groups excluding carboxylic acids is 2. The van der Waals surface area contributed by atoms with Crippen LogP contribution in [0.5, 0.6) is 5.75 Å². The summed E-state index contributed by atoms with van der Waals surface area (Å²) in [5.74, 6) is -3.55. The molecule has 2 heterocycles. The summed E-state index contributed by atoms with van der Waals surface area (Å²) in [6.45, 7) is -0.560. The van der Waals surface area contributed by atoms with E-state index in [4.69, 9.17) is 9.57 Å². The molecule has 0 unspecified atom stereocenters. The fraction of sp³-hybridized carbons (Fsp3) is 0.261. The van der Waals surface area contributed by atoms with Gasteiger partial charge in [0, 0.05) is 30.7 Å².